The maximum absolute atomic E-state index is 11.1. The Morgan fingerprint density at radius 3 is 2.56 bits per heavy atom. The lowest BCUT2D eigenvalue weighted by atomic mass is 10.1. The highest BCUT2D eigenvalue weighted by atomic mass is 32.2. The molecule has 0 spiro atoms. The molecule has 0 saturated heterocycles. The standard InChI is InChI=1S/C12H12N2OS/c1-9(15)10-3-5-11(6-4-10)14-8-7-13-12(14)16-2/h3-8H,1-2H3. The summed E-state index contributed by atoms with van der Waals surface area (Å²) in [5, 5.41) is 0.940. The van der Waals surface area contributed by atoms with Gasteiger partial charge in [0.05, 0.1) is 0 Å². The van der Waals surface area contributed by atoms with Gasteiger partial charge in [-0.2, -0.15) is 0 Å². The Morgan fingerprint density at radius 2 is 2.00 bits per heavy atom. The SMILES string of the molecule is CSc1nccn1-c1ccc(C(C)=O)cc1. The normalized spacial score (nSPS) is 10.4. The van der Waals surface area contributed by atoms with Gasteiger partial charge in [0.1, 0.15) is 0 Å². The summed E-state index contributed by atoms with van der Waals surface area (Å²) in [4.78, 5) is 15.4. The van der Waals surface area contributed by atoms with Gasteiger partial charge in [0.2, 0.25) is 0 Å². The summed E-state index contributed by atoms with van der Waals surface area (Å²) in [7, 11) is 0. The highest BCUT2D eigenvalue weighted by Gasteiger charge is 2.04. The Bertz CT molecular complexity index is 502. The first-order chi connectivity index (χ1) is 7.72. The van der Waals surface area contributed by atoms with Crippen LogP contribution in [-0.2, 0) is 0 Å². The van der Waals surface area contributed by atoms with Gasteiger partial charge in [0, 0.05) is 23.6 Å². The quantitative estimate of drug-likeness (QED) is 0.603. The topological polar surface area (TPSA) is 34.9 Å². The smallest absolute Gasteiger partial charge is 0.172 e. The first-order valence-electron chi connectivity index (χ1n) is 4.91. The molecule has 0 fully saturated rings. The molecule has 0 N–H and O–H groups in total. The van der Waals surface area contributed by atoms with Crippen LogP contribution < -0.4 is 0 Å². The molecule has 2 rings (SSSR count). The van der Waals surface area contributed by atoms with Gasteiger partial charge >= 0.3 is 0 Å². The van der Waals surface area contributed by atoms with Crippen LogP contribution in [0.4, 0.5) is 0 Å². The molecule has 0 radical (unpaired) electrons. The molecular weight excluding hydrogens is 220 g/mol. The minimum absolute atomic E-state index is 0.0854. The number of benzene rings is 1. The number of hydrogen-bond donors (Lipinski definition) is 0. The van der Waals surface area contributed by atoms with Gasteiger partial charge in [-0.25, -0.2) is 4.98 Å². The Kier molecular flexibility index (Phi) is 3.10. The van der Waals surface area contributed by atoms with Crippen molar-refractivity contribution in [3.8, 4) is 5.69 Å². The molecule has 82 valence electrons. The second kappa shape index (κ2) is 4.53. The third-order valence-electron chi connectivity index (χ3n) is 2.34. The van der Waals surface area contributed by atoms with Crippen molar-refractivity contribution in [3.05, 3.63) is 42.2 Å². The average Bonchev–Trinajstić information content (AvgIpc) is 2.77. The van der Waals surface area contributed by atoms with E-state index in [4.69, 9.17) is 0 Å². The summed E-state index contributed by atoms with van der Waals surface area (Å²) >= 11 is 1.59. The van der Waals surface area contributed by atoms with Crippen molar-refractivity contribution in [2.24, 2.45) is 0 Å². The number of ketones is 1. The zero-order valence-electron chi connectivity index (χ0n) is 9.18. The molecule has 1 aromatic carbocycles. The van der Waals surface area contributed by atoms with E-state index in [-0.39, 0.29) is 5.78 Å². The fourth-order valence-corrected chi connectivity index (χ4v) is 2.02. The van der Waals surface area contributed by atoms with E-state index in [0.29, 0.717) is 0 Å². The maximum atomic E-state index is 11.1. The third-order valence-corrected chi connectivity index (χ3v) is 3.01. The summed E-state index contributed by atoms with van der Waals surface area (Å²) < 4.78 is 1.99. The Morgan fingerprint density at radius 1 is 1.31 bits per heavy atom. The van der Waals surface area contributed by atoms with Crippen molar-refractivity contribution in [2.75, 3.05) is 6.26 Å². The zero-order valence-corrected chi connectivity index (χ0v) is 9.99. The second-order valence-corrected chi connectivity index (χ2v) is 4.16. The highest BCUT2D eigenvalue weighted by molar-refractivity contribution is 7.98. The van der Waals surface area contributed by atoms with Crippen molar-refractivity contribution >= 4 is 17.5 Å². The Hall–Kier alpha value is -1.55. The van der Waals surface area contributed by atoms with Crippen LogP contribution in [0.5, 0.6) is 0 Å². The van der Waals surface area contributed by atoms with Gasteiger partial charge < -0.3 is 0 Å². The fourth-order valence-electron chi connectivity index (χ4n) is 1.49. The van der Waals surface area contributed by atoms with Crippen LogP contribution in [0.1, 0.15) is 17.3 Å². The first kappa shape index (κ1) is 11.0. The van der Waals surface area contributed by atoms with Crippen LogP contribution >= 0.6 is 11.8 Å². The van der Waals surface area contributed by atoms with Crippen molar-refractivity contribution in [1.29, 1.82) is 0 Å². The first-order valence-corrected chi connectivity index (χ1v) is 6.13. The van der Waals surface area contributed by atoms with E-state index in [1.54, 1.807) is 24.9 Å². The van der Waals surface area contributed by atoms with Crippen LogP contribution in [0, 0.1) is 0 Å². The average molecular weight is 232 g/mol. The number of nitrogens with zero attached hydrogens (tertiary/aromatic N) is 2. The molecule has 0 unspecified atom stereocenters. The van der Waals surface area contributed by atoms with Crippen LogP contribution in [0.2, 0.25) is 0 Å². The van der Waals surface area contributed by atoms with Crippen LogP contribution in [0.3, 0.4) is 0 Å². The third kappa shape index (κ3) is 2.02. The maximum Gasteiger partial charge on any atom is 0.172 e. The van der Waals surface area contributed by atoms with Gasteiger partial charge in [-0.15, -0.1) is 0 Å². The second-order valence-electron chi connectivity index (χ2n) is 3.39. The molecule has 16 heavy (non-hydrogen) atoms. The molecule has 1 heterocycles. The van der Waals surface area contributed by atoms with Gasteiger partial charge in [-0.3, -0.25) is 9.36 Å². The number of hydrogen-bond acceptors (Lipinski definition) is 3. The monoisotopic (exact) mass is 232 g/mol. The van der Waals surface area contributed by atoms with E-state index < -0.39 is 0 Å². The number of carbonyl (C=O) groups is 1. The number of rotatable bonds is 3. The van der Waals surface area contributed by atoms with Gasteiger partial charge in [0.15, 0.2) is 10.9 Å². The zero-order chi connectivity index (χ0) is 11.5. The van der Waals surface area contributed by atoms with E-state index in [1.165, 1.54) is 0 Å². The number of carbonyl (C=O) groups excluding carboxylic acids is 1. The lowest BCUT2D eigenvalue weighted by molar-refractivity contribution is 0.101. The lowest BCUT2D eigenvalue weighted by Gasteiger charge is -2.06. The molecule has 0 bridgehead atoms. The lowest BCUT2D eigenvalue weighted by Crippen LogP contribution is -1.96. The molecule has 1 aromatic heterocycles. The summed E-state index contributed by atoms with van der Waals surface area (Å²) in [6.45, 7) is 1.57. The van der Waals surface area contributed by atoms with Crippen molar-refractivity contribution in [3.63, 3.8) is 0 Å². The predicted molar refractivity (Wildman–Crippen MR) is 65.3 cm³/mol. The largest absolute Gasteiger partial charge is 0.295 e. The summed E-state index contributed by atoms with van der Waals surface area (Å²) in [5.41, 5.74) is 1.75. The van der Waals surface area contributed by atoms with Crippen molar-refractivity contribution < 1.29 is 4.79 Å². The highest BCUT2D eigenvalue weighted by Crippen LogP contribution is 2.18. The molecule has 2 aromatic rings. The molecule has 3 nitrogen and oxygen atoms in total. The molecule has 0 aliphatic heterocycles. The molecule has 0 saturated carbocycles. The van der Waals surface area contributed by atoms with E-state index >= 15 is 0 Å². The fraction of sp³-hybridized carbons (Fsp3) is 0.167. The number of thioether (sulfide) groups is 1. The number of aromatic nitrogens is 2. The van der Waals surface area contributed by atoms with Gasteiger partial charge in [-0.05, 0) is 37.4 Å². The van der Waals surface area contributed by atoms with Crippen LogP contribution in [0.25, 0.3) is 5.69 Å². The van der Waals surface area contributed by atoms with Crippen LogP contribution in [-0.4, -0.2) is 21.6 Å². The molecular formula is C12H12N2OS. The Balaban J connectivity index is 2.38. The van der Waals surface area contributed by atoms with Crippen molar-refractivity contribution in [1.82, 2.24) is 9.55 Å². The molecule has 4 heteroatoms. The van der Waals surface area contributed by atoms with Crippen molar-refractivity contribution in [2.45, 2.75) is 12.1 Å². The summed E-state index contributed by atoms with van der Waals surface area (Å²) in [6, 6.07) is 7.53. The minimum Gasteiger partial charge on any atom is -0.295 e. The minimum atomic E-state index is 0.0854. The molecule has 0 aliphatic carbocycles. The predicted octanol–water partition coefficient (Wildman–Crippen LogP) is 2.80. The van der Waals surface area contributed by atoms with Crippen LogP contribution in [0.15, 0.2) is 41.8 Å². The van der Waals surface area contributed by atoms with E-state index in [2.05, 4.69) is 4.98 Å². The Labute approximate surface area is 98.5 Å². The van der Waals surface area contributed by atoms with Gasteiger partial charge in [0.25, 0.3) is 0 Å². The molecule has 0 amide bonds. The number of imidazole rings is 1. The van der Waals surface area contributed by atoms with Gasteiger partial charge in [-0.1, -0.05) is 11.8 Å². The summed E-state index contributed by atoms with van der Waals surface area (Å²) in [5.74, 6) is 0.0854. The van der Waals surface area contributed by atoms with E-state index in [0.717, 1.165) is 16.4 Å². The molecule has 0 atom stereocenters. The molecule has 0 aliphatic rings. The van der Waals surface area contributed by atoms with E-state index in [9.17, 15) is 4.79 Å². The number of Topliss-reactive ketones (excluding diaryl/α,β-unsaturated/α-hetero) is 1. The van der Waals surface area contributed by atoms with E-state index in [1.807, 2.05) is 41.3 Å². The summed E-state index contributed by atoms with van der Waals surface area (Å²) in [6.07, 6.45) is 5.67.